The fourth-order valence-corrected chi connectivity index (χ4v) is 0. The highest BCUT2D eigenvalue weighted by atomic mass is 35.5. The zero-order valence-corrected chi connectivity index (χ0v) is 5.24. The number of aliphatic hydroxyl groups excluding tert-OH is 1. The average molecular weight is 124 g/mol. The lowest BCUT2D eigenvalue weighted by atomic mass is 10.1. The van der Waals surface area contributed by atoms with E-state index >= 15 is 0 Å². The van der Waals surface area contributed by atoms with Crippen LogP contribution in [0.2, 0.25) is 0 Å². The van der Waals surface area contributed by atoms with Crippen LogP contribution in [-0.4, -0.2) is 16.2 Å². The number of alkyl halides is 1. The van der Waals surface area contributed by atoms with E-state index in [1.165, 1.54) is 0 Å². The smallest absolute Gasteiger partial charge is 0.145 e. The van der Waals surface area contributed by atoms with Gasteiger partial charge in [0.15, 0.2) is 0 Å². The Hall–Kier alpha value is 0.210. The van der Waals surface area contributed by atoms with E-state index < -0.39 is 11.1 Å². The second-order valence-corrected chi connectivity index (χ2v) is 2.57. The van der Waals surface area contributed by atoms with Crippen LogP contribution in [0, 0.1) is 0 Å². The van der Waals surface area contributed by atoms with Crippen molar-refractivity contribution in [2.24, 2.45) is 5.73 Å². The first kappa shape index (κ1) is 7.21. The third-order valence-electron chi connectivity index (χ3n) is 0.614. The molecule has 0 bridgehead atoms. The number of halogens is 1. The van der Waals surface area contributed by atoms with E-state index in [1.54, 1.807) is 13.8 Å². The summed E-state index contributed by atoms with van der Waals surface area (Å²) in [5, 5.41) is 8.53. The van der Waals surface area contributed by atoms with Gasteiger partial charge in [-0.1, -0.05) is 11.6 Å². The molecule has 0 aliphatic rings. The molecule has 2 nitrogen and oxygen atoms in total. The first-order valence-electron chi connectivity index (χ1n) is 2.05. The second kappa shape index (κ2) is 1.99. The molecule has 0 saturated carbocycles. The molecular formula is C4H10ClNO. The van der Waals surface area contributed by atoms with Gasteiger partial charge in [-0.15, -0.1) is 0 Å². The lowest BCUT2D eigenvalue weighted by molar-refractivity contribution is 0.179. The molecule has 0 aromatic heterocycles. The van der Waals surface area contributed by atoms with E-state index in [-0.39, 0.29) is 0 Å². The number of aliphatic hydroxyl groups is 1. The molecule has 0 amide bonds. The van der Waals surface area contributed by atoms with Crippen molar-refractivity contribution in [1.29, 1.82) is 0 Å². The summed E-state index contributed by atoms with van der Waals surface area (Å²) < 4.78 is 0. The van der Waals surface area contributed by atoms with Crippen LogP contribution in [0.5, 0.6) is 0 Å². The number of hydrogen-bond acceptors (Lipinski definition) is 2. The highest BCUT2D eigenvalue weighted by Gasteiger charge is 2.18. The molecule has 0 fully saturated rings. The van der Waals surface area contributed by atoms with Crippen LogP contribution in [0.25, 0.3) is 0 Å². The molecule has 0 radical (unpaired) electrons. The maximum absolute atomic E-state index is 8.53. The van der Waals surface area contributed by atoms with Crippen LogP contribution in [0.1, 0.15) is 13.8 Å². The molecule has 0 aliphatic carbocycles. The predicted octanol–water partition coefficient (Wildman–Crippen LogP) is 0.281. The third-order valence-corrected chi connectivity index (χ3v) is 1.18. The summed E-state index contributed by atoms with van der Waals surface area (Å²) in [7, 11) is 0. The Balaban J connectivity index is 3.54. The topological polar surface area (TPSA) is 46.2 Å². The van der Waals surface area contributed by atoms with Gasteiger partial charge in [-0.25, -0.2) is 0 Å². The van der Waals surface area contributed by atoms with Gasteiger partial charge in [-0.2, -0.15) is 0 Å². The standard InChI is InChI=1S/C4H10ClNO/c1-4(2,6)3(5)7/h3,7H,6H2,1-2H3. The van der Waals surface area contributed by atoms with E-state index in [0.717, 1.165) is 0 Å². The van der Waals surface area contributed by atoms with Crippen molar-refractivity contribution in [2.45, 2.75) is 24.9 Å². The molecule has 44 valence electrons. The van der Waals surface area contributed by atoms with Crippen LogP contribution in [-0.2, 0) is 0 Å². The van der Waals surface area contributed by atoms with Gasteiger partial charge in [0.25, 0.3) is 0 Å². The van der Waals surface area contributed by atoms with Crippen molar-refractivity contribution in [1.82, 2.24) is 0 Å². The van der Waals surface area contributed by atoms with Gasteiger partial charge in [-0.3, -0.25) is 0 Å². The molecule has 0 aromatic rings. The van der Waals surface area contributed by atoms with Gasteiger partial charge < -0.3 is 10.8 Å². The third kappa shape index (κ3) is 2.85. The summed E-state index contributed by atoms with van der Waals surface area (Å²) in [5.41, 5.74) is 3.67. The lowest BCUT2D eigenvalue weighted by Crippen LogP contribution is -2.41. The monoisotopic (exact) mass is 123 g/mol. The summed E-state index contributed by atoms with van der Waals surface area (Å²) in [5.74, 6) is 0. The second-order valence-electron chi connectivity index (χ2n) is 2.16. The van der Waals surface area contributed by atoms with Gasteiger partial charge in [-0.05, 0) is 13.8 Å². The van der Waals surface area contributed by atoms with Crippen LogP contribution in [0.15, 0.2) is 0 Å². The van der Waals surface area contributed by atoms with Crippen LogP contribution in [0.4, 0.5) is 0 Å². The minimum Gasteiger partial charge on any atom is -0.376 e. The molecule has 3 N–H and O–H groups in total. The Labute approximate surface area is 48.3 Å². The average Bonchev–Trinajstić information content (AvgIpc) is 1.31. The summed E-state index contributed by atoms with van der Waals surface area (Å²) >= 11 is 5.18. The van der Waals surface area contributed by atoms with Crippen molar-refractivity contribution >= 4 is 11.6 Å². The maximum Gasteiger partial charge on any atom is 0.145 e. The summed E-state index contributed by atoms with van der Waals surface area (Å²) in [6.07, 6.45) is 0. The molecule has 0 rings (SSSR count). The van der Waals surface area contributed by atoms with Gasteiger partial charge in [0.2, 0.25) is 0 Å². The number of nitrogens with two attached hydrogens (primary N) is 1. The normalized spacial score (nSPS) is 16.7. The summed E-state index contributed by atoms with van der Waals surface area (Å²) in [6, 6.07) is 0. The SMILES string of the molecule is CC(C)(N)C(O)Cl. The first-order chi connectivity index (χ1) is 2.94. The summed E-state index contributed by atoms with van der Waals surface area (Å²) in [4.78, 5) is 0. The van der Waals surface area contributed by atoms with Crippen molar-refractivity contribution in [3.8, 4) is 0 Å². The quantitative estimate of drug-likeness (QED) is 0.492. The van der Waals surface area contributed by atoms with E-state index in [4.69, 9.17) is 22.4 Å². The van der Waals surface area contributed by atoms with Gasteiger partial charge in [0.05, 0.1) is 5.54 Å². The Morgan fingerprint density at radius 1 is 1.71 bits per heavy atom. The van der Waals surface area contributed by atoms with Crippen LogP contribution < -0.4 is 5.73 Å². The molecular weight excluding hydrogens is 114 g/mol. The highest BCUT2D eigenvalue weighted by molar-refractivity contribution is 6.20. The molecule has 7 heavy (non-hydrogen) atoms. The zero-order chi connectivity index (χ0) is 6.08. The van der Waals surface area contributed by atoms with Gasteiger partial charge >= 0.3 is 0 Å². The fraction of sp³-hybridized carbons (Fsp3) is 1.00. The molecule has 0 aromatic carbocycles. The Morgan fingerprint density at radius 3 is 1.86 bits per heavy atom. The molecule has 1 unspecified atom stereocenters. The Bertz CT molecular complexity index is 57.2. The maximum atomic E-state index is 8.53. The molecule has 1 atom stereocenters. The Morgan fingerprint density at radius 2 is 1.86 bits per heavy atom. The minimum atomic E-state index is -0.951. The van der Waals surface area contributed by atoms with E-state index in [1.807, 2.05) is 0 Å². The van der Waals surface area contributed by atoms with Crippen LogP contribution in [0.3, 0.4) is 0 Å². The van der Waals surface area contributed by atoms with Crippen molar-refractivity contribution in [2.75, 3.05) is 0 Å². The molecule has 0 spiro atoms. The highest BCUT2D eigenvalue weighted by Crippen LogP contribution is 2.06. The minimum absolute atomic E-state index is 0.679. The van der Waals surface area contributed by atoms with E-state index in [0.29, 0.717) is 0 Å². The number of rotatable bonds is 1. The Kier molecular flexibility index (Phi) is 2.05. The van der Waals surface area contributed by atoms with Crippen molar-refractivity contribution < 1.29 is 5.11 Å². The number of hydrogen-bond donors (Lipinski definition) is 2. The predicted molar refractivity (Wildman–Crippen MR) is 30.1 cm³/mol. The first-order valence-corrected chi connectivity index (χ1v) is 2.49. The summed E-state index contributed by atoms with van der Waals surface area (Å²) in [6.45, 7) is 3.31. The van der Waals surface area contributed by atoms with Crippen molar-refractivity contribution in [3.63, 3.8) is 0 Å². The molecule has 3 heteroatoms. The molecule has 0 saturated heterocycles. The van der Waals surface area contributed by atoms with Gasteiger partial charge in [0.1, 0.15) is 5.56 Å². The molecule has 0 heterocycles. The largest absolute Gasteiger partial charge is 0.376 e. The van der Waals surface area contributed by atoms with E-state index in [2.05, 4.69) is 0 Å². The lowest BCUT2D eigenvalue weighted by Gasteiger charge is -2.19. The van der Waals surface area contributed by atoms with Crippen LogP contribution >= 0.6 is 11.6 Å². The zero-order valence-electron chi connectivity index (χ0n) is 4.48. The fourth-order valence-electron chi connectivity index (χ4n) is 0. The molecule has 0 aliphatic heterocycles. The van der Waals surface area contributed by atoms with Crippen molar-refractivity contribution in [3.05, 3.63) is 0 Å². The van der Waals surface area contributed by atoms with Gasteiger partial charge in [0, 0.05) is 0 Å². The van der Waals surface area contributed by atoms with E-state index in [9.17, 15) is 0 Å².